The smallest absolute Gasteiger partial charge is 1.00 e. The van der Waals surface area contributed by atoms with Gasteiger partial charge in [-0.2, -0.15) is 0 Å². The molecule has 1 rings (SSSR count). The molecule has 8 heavy (non-hydrogen) atoms. The van der Waals surface area contributed by atoms with E-state index in [1.807, 2.05) is 36.4 Å². The molecule has 0 N–H and O–H groups in total. The van der Waals surface area contributed by atoms with E-state index in [0.29, 0.717) is 0 Å². The van der Waals surface area contributed by atoms with Gasteiger partial charge in [0.15, 0.2) is 0 Å². The Labute approximate surface area is 67.9 Å². The van der Waals surface area contributed by atoms with Crippen LogP contribution >= 0.6 is 0 Å². The number of benzene rings is 1. The Bertz CT molecular complexity index is 80.5. The molecule has 0 nitrogen and oxygen atoms in total. The minimum Gasteiger partial charge on any atom is -1.00 e. The molecule has 2 heteroatoms. The average molecular weight is 121 g/mol. The first-order valence-electron chi connectivity index (χ1n) is 2.00. The van der Waals surface area contributed by atoms with Crippen LogP contribution in [0.15, 0.2) is 36.4 Å². The van der Waals surface area contributed by atoms with Gasteiger partial charge in [-0.15, -0.1) is 0 Å². The first-order chi connectivity index (χ1) is 3.00. The van der Waals surface area contributed by atoms with E-state index in [0.717, 1.165) is 0 Å². The molecule has 0 aliphatic rings. The summed E-state index contributed by atoms with van der Waals surface area (Å²) in [5, 5.41) is 0. The monoisotopic (exact) mass is 120 g/mol. The van der Waals surface area contributed by atoms with Gasteiger partial charge in [0, 0.05) is 0 Å². The van der Waals surface area contributed by atoms with E-state index in [1.54, 1.807) is 0 Å². The Kier molecular flexibility index (Phi) is 9.75. The zero-order valence-corrected chi connectivity index (χ0v) is 5.60. The van der Waals surface area contributed by atoms with Crippen LogP contribution in [-0.2, 0) is 0 Å². The fourth-order valence-corrected chi connectivity index (χ4v) is 0.385. The van der Waals surface area contributed by atoms with Crippen molar-refractivity contribution in [2.45, 2.75) is 0 Å². The third-order valence-electron chi connectivity index (χ3n) is 0.667. The Morgan fingerprint density at radius 1 is 0.500 bits per heavy atom. The van der Waals surface area contributed by atoms with Gasteiger partial charge in [-0.05, 0) is 0 Å². The van der Waals surface area contributed by atoms with Gasteiger partial charge < -0.3 is 12.4 Å². The van der Waals surface area contributed by atoms with Crippen LogP contribution in [0.25, 0.3) is 0 Å². The molecular weight excluding hydrogens is 114 g/mol. The largest absolute Gasteiger partial charge is 1.00 e. The molecule has 0 spiro atoms. The Morgan fingerprint density at radius 3 is 0.750 bits per heavy atom. The molecule has 0 bridgehead atoms. The predicted molar refractivity (Wildman–Crippen MR) is 26.4 cm³/mol. The van der Waals surface area contributed by atoms with Gasteiger partial charge in [-0.25, -0.2) is 0 Å². The summed E-state index contributed by atoms with van der Waals surface area (Å²) < 4.78 is 0. The van der Waals surface area contributed by atoms with E-state index < -0.39 is 0 Å². The normalized spacial score (nSPS) is 6.00. The molecule has 0 atom stereocenters. The Balaban J connectivity index is 0. The molecule has 0 aromatic heterocycles. The predicted octanol–water partition coefficient (Wildman–Crippen LogP) is -4.31. The van der Waals surface area contributed by atoms with Crippen molar-refractivity contribution < 1.29 is 31.3 Å². The minimum absolute atomic E-state index is 0. The Morgan fingerprint density at radius 2 is 0.625 bits per heavy atom. The molecule has 0 saturated heterocycles. The van der Waals surface area contributed by atoms with E-state index in [9.17, 15) is 0 Å². The summed E-state index contributed by atoms with van der Waals surface area (Å²) in [5.41, 5.74) is 0. The van der Waals surface area contributed by atoms with Crippen molar-refractivity contribution in [2.75, 3.05) is 0 Å². The fourth-order valence-electron chi connectivity index (χ4n) is 0.385. The molecule has 38 valence electrons. The van der Waals surface area contributed by atoms with E-state index >= 15 is 0 Å². The van der Waals surface area contributed by atoms with Crippen LogP contribution in [0.1, 0.15) is 0 Å². The molecule has 0 radical (unpaired) electrons. The molecule has 0 unspecified atom stereocenters. The summed E-state index contributed by atoms with van der Waals surface area (Å²) in [6.07, 6.45) is 0. The zero-order valence-electron chi connectivity index (χ0n) is 4.84. The van der Waals surface area contributed by atoms with Gasteiger partial charge >= 0.3 is 18.9 Å². The number of halogens is 1. The van der Waals surface area contributed by atoms with Crippen molar-refractivity contribution in [1.82, 2.24) is 0 Å². The minimum atomic E-state index is 0. The summed E-state index contributed by atoms with van der Waals surface area (Å²) in [7, 11) is 0. The summed E-state index contributed by atoms with van der Waals surface area (Å²) in [6.45, 7) is 0. The van der Waals surface area contributed by atoms with E-state index in [1.165, 1.54) is 0 Å². The van der Waals surface area contributed by atoms with Gasteiger partial charge in [0.1, 0.15) is 0 Å². The summed E-state index contributed by atoms with van der Waals surface area (Å²) >= 11 is 0. The fraction of sp³-hybridized carbons (Fsp3) is 0. The van der Waals surface area contributed by atoms with Crippen molar-refractivity contribution in [3.8, 4) is 0 Å². The summed E-state index contributed by atoms with van der Waals surface area (Å²) in [5.74, 6) is 0. The van der Waals surface area contributed by atoms with E-state index in [-0.39, 0.29) is 31.3 Å². The SMILES string of the molecule is [Cl-].[Li+].c1ccccc1. The van der Waals surface area contributed by atoms with Crippen molar-refractivity contribution in [3.05, 3.63) is 36.4 Å². The maximum absolute atomic E-state index is 2.00. The molecular formula is C6H6ClLi. The topological polar surface area (TPSA) is 0 Å². The average Bonchev–Trinajstić information content (AvgIpc) is 1.72. The number of rotatable bonds is 0. The van der Waals surface area contributed by atoms with E-state index in [2.05, 4.69) is 0 Å². The molecule has 0 heterocycles. The number of hydrogen-bond donors (Lipinski definition) is 0. The second-order valence-electron chi connectivity index (χ2n) is 1.15. The van der Waals surface area contributed by atoms with Gasteiger partial charge in [-0.3, -0.25) is 0 Å². The van der Waals surface area contributed by atoms with Crippen LogP contribution in [0.5, 0.6) is 0 Å². The maximum atomic E-state index is 2.00. The van der Waals surface area contributed by atoms with Gasteiger partial charge in [0.25, 0.3) is 0 Å². The van der Waals surface area contributed by atoms with Crippen LogP contribution in [0.2, 0.25) is 0 Å². The van der Waals surface area contributed by atoms with Crippen molar-refractivity contribution in [3.63, 3.8) is 0 Å². The molecule has 0 aliphatic carbocycles. The van der Waals surface area contributed by atoms with Crippen molar-refractivity contribution in [1.29, 1.82) is 0 Å². The molecule has 0 amide bonds. The Hall–Kier alpha value is 0.107. The second-order valence-corrected chi connectivity index (χ2v) is 1.15. The van der Waals surface area contributed by atoms with Gasteiger partial charge in [0.05, 0.1) is 0 Å². The molecule has 1 aromatic carbocycles. The third-order valence-corrected chi connectivity index (χ3v) is 0.667. The first kappa shape index (κ1) is 11.0. The van der Waals surface area contributed by atoms with Gasteiger partial charge in [-0.1, -0.05) is 36.4 Å². The summed E-state index contributed by atoms with van der Waals surface area (Å²) in [6, 6.07) is 12.0. The third kappa shape index (κ3) is 4.27. The molecule has 0 saturated carbocycles. The summed E-state index contributed by atoms with van der Waals surface area (Å²) in [4.78, 5) is 0. The first-order valence-corrected chi connectivity index (χ1v) is 2.00. The molecule has 0 fully saturated rings. The van der Waals surface area contributed by atoms with Crippen LogP contribution < -0.4 is 31.3 Å². The number of hydrogen-bond acceptors (Lipinski definition) is 0. The maximum Gasteiger partial charge on any atom is 1.00 e. The molecule has 1 aromatic rings. The van der Waals surface area contributed by atoms with Crippen LogP contribution in [0.4, 0.5) is 0 Å². The van der Waals surface area contributed by atoms with E-state index in [4.69, 9.17) is 0 Å². The van der Waals surface area contributed by atoms with Crippen molar-refractivity contribution >= 4 is 0 Å². The quantitative estimate of drug-likeness (QED) is 0.304. The zero-order chi connectivity index (χ0) is 4.24. The van der Waals surface area contributed by atoms with Crippen LogP contribution in [-0.4, -0.2) is 0 Å². The van der Waals surface area contributed by atoms with Gasteiger partial charge in [0.2, 0.25) is 0 Å². The van der Waals surface area contributed by atoms with Crippen LogP contribution in [0.3, 0.4) is 0 Å². The van der Waals surface area contributed by atoms with Crippen molar-refractivity contribution in [2.24, 2.45) is 0 Å². The standard InChI is InChI=1S/C6H6.ClH.Li/c1-2-4-6-5-3-1;;/h1-6H;1H;/q;;+1/p-1. The van der Waals surface area contributed by atoms with Crippen LogP contribution in [0, 0.1) is 0 Å². The molecule has 0 aliphatic heterocycles. The second kappa shape index (κ2) is 7.11.